The molecule has 6 heteroatoms. The molecule has 2 rings (SSSR count). The Morgan fingerprint density at radius 3 is 2.74 bits per heavy atom. The Hall–Kier alpha value is -1.04. The van der Waals surface area contributed by atoms with Crippen molar-refractivity contribution >= 4 is 40.0 Å². The Morgan fingerprint density at radius 2 is 1.95 bits per heavy atom. The molecule has 1 aromatic heterocycles. The van der Waals surface area contributed by atoms with E-state index in [4.69, 9.17) is 16.7 Å². The largest absolute Gasteiger partial charge is 0.396 e. The SMILES string of the molecule is OCCCSCCNc1nnc(Cl)c2ccccc12. The Kier molecular flexibility index (Phi) is 5.69. The molecule has 102 valence electrons. The van der Waals surface area contributed by atoms with Gasteiger partial charge in [0.25, 0.3) is 0 Å². The van der Waals surface area contributed by atoms with Crippen molar-refractivity contribution in [2.75, 3.05) is 30.0 Å². The van der Waals surface area contributed by atoms with E-state index in [-0.39, 0.29) is 6.61 Å². The topological polar surface area (TPSA) is 58.0 Å². The third-order valence-electron chi connectivity index (χ3n) is 2.63. The molecule has 0 radical (unpaired) electrons. The van der Waals surface area contributed by atoms with Gasteiger partial charge in [-0.05, 0) is 12.2 Å². The number of benzene rings is 1. The molecule has 0 aliphatic rings. The summed E-state index contributed by atoms with van der Waals surface area (Å²) in [6.07, 6.45) is 0.842. The second kappa shape index (κ2) is 7.53. The minimum Gasteiger partial charge on any atom is -0.396 e. The van der Waals surface area contributed by atoms with Gasteiger partial charge in [0.15, 0.2) is 11.0 Å². The summed E-state index contributed by atoms with van der Waals surface area (Å²) in [6.45, 7) is 1.07. The first-order valence-corrected chi connectivity index (χ1v) is 7.69. The van der Waals surface area contributed by atoms with Crippen LogP contribution in [0.15, 0.2) is 24.3 Å². The fraction of sp³-hybridized carbons (Fsp3) is 0.385. The van der Waals surface area contributed by atoms with Crippen LogP contribution in [0.1, 0.15) is 6.42 Å². The smallest absolute Gasteiger partial charge is 0.159 e. The summed E-state index contributed by atoms with van der Waals surface area (Å²) >= 11 is 7.83. The predicted molar refractivity (Wildman–Crippen MR) is 82.1 cm³/mol. The monoisotopic (exact) mass is 297 g/mol. The highest BCUT2D eigenvalue weighted by atomic mass is 35.5. The molecular weight excluding hydrogens is 282 g/mol. The first-order valence-electron chi connectivity index (χ1n) is 6.16. The highest BCUT2D eigenvalue weighted by Crippen LogP contribution is 2.25. The van der Waals surface area contributed by atoms with Crippen LogP contribution in [0.5, 0.6) is 0 Å². The van der Waals surface area contributed by atoms with E-state index in [1.54, 1.807) is 0 Å². The third kappa shape index (κ3) is 3.96. The van der Waals surface area contributed by atoms with Crippen LogP contribution in [0.2, 0.25) is 5.15 Å². The lowest BCUT2D eigenvalue weighted by Gasteiger charge is -2.08. The molecule has 0 saturated carbocycles. The molecule has 4 nitrogen and oxygen atoms in total. The van der Waals surface area contributed by atoms with Crippen molar-refractivity contribution in [1.82, 2.24) is 10.2 Å². The van der Waals surface area contributed by atoms with Crippen LogP contribution in [0.4, 0.5) is 5.82 Å². The fourth-order valence-corrected chi connectivity index (χ4v) is 2.70. The number of hydrogen-bond acceptors (Lipinski definition) is 5. The van der Waals surface area contributed by atoms with Gasteiger partial charge in [-0.2, -0.15) is 11.8 Å². The molecule has 0 aliphatic carbocycles. The van der Waals surface area contributed by atoms with Crippen molar-refractivity contribution in [1.29, 1.82) is 0 Å². The minimum absolute atomic E-state index is 0.258. The quantitative estimate of drug-likeness (QED) is 0.770. The molecule has 19 heavy (non-hydrogen) atoms. The number of anilines is 1. The number of fused-ring (bicyclic) bond motifs is 1. The molecular formula is C13H16ClN3OS. The molecule has 1 heterocycles. The molecule has 0 unspecified atom stereocenters. The molecule has 0 spiro atoms. The average molecular weight is 298 g/mol. The zero-order valence-electron chi connectivity index (χ0n) is 10.5. The zero-order chi connectivity index (χ0) is 13.5. The molecule has 0 bridgehead atoms. The number of aliphatic hydroxyl groups excluding tert-OH is 1. The highest BCUT2D eigenvalue weighted by Gasteiger charge is 2.06. The van der Waals surface area contributed by atoms with E-state index in [2.05, 4.69) is 15.5 Å². The van der Waals surface area contributed by atoms with Crippen molar-refractivity contribution in [3.8, 4) is 0 Å². The Balaban J connectivity index is 1.96. The summed E-state index contributed by atoms with van der Waals surface area (Å²) in [5.74, 6) is 2.71. The van der Waals surface area contributed by atoms with Gasteiger partial charge < -0.3 is 10.4 Å². The van der Waals surface area contributed by atoms with E-state index in [1.807, 2.05) is 36.0 Å². The molecule has 0 aliphatic heterocycles. The molecule has 0 fully saturated rings. The highest BCUT2D eigenvalue weighted by molar-refractivity contribution is 7.99. The van der Waals surface area contributed by atoms with Gasteiger partial charge in [-0.3, -0.25) is 0 Å². The number of aromatic nitrogens is 2. The lowest BCUT2D eigenvalue weighted by atomic mass is 10.2. The number of aliphatic hydroxyl groups is 1. The standard InChI is InChI=1S/C13H16ClN3OS/c14-12-10-4-1-2-5-11(10)13(17-16-12)15-6-9-19-8-3-7-18/h1-2,4-5,18H,3,6-9H2,(H,15,17). The Bertz CT molecular complexity index is 538. The van der Waals surface area contributed by atoms with Crippen LogP contribution in [0.25, 0.3) is 10.8 Å². The number of thioether (sulfide) groups is 1. The predicted octanol–water partition coefficient (Wildman–Crippen LogP) is 2.81. The van der Waals surface area contributed by atoms with Crippen LogP contribution in [-0.2, 0) is 0 Å². The van der Waals surface area contributed by atoms with E-state index < -0.39 is 0 Å². The van der Waals surface area contributed by atoms with Gasteiger partial charge >= 0.3 is 0 Å². The second-order valence-corrected chi connectivity index (χ2v) is 5.58. The van der Waals surface area contributed by atoms with Gasteiger partial charge in [0.2, 0.25) is 0 Å². The summed E-state index contributed by atoms with van der Waals surface area (Å²) < 4.78 is 0. The third-order valence-corrected chi connectivity index (χ3v) is 3.98. The summed E-state index contributed by atoms with van der Waals surface area (Å²) in [5.41, 5.74) is 0. The molecule has 0 atom stereocenters. The normalized spacial score (nSPS) is 10.8. The number of hydrogen-bond donors (Lipinski definition) is 2. The van der Waals surface area contributed by atoms with Crippen molar-refractivity contribution in [3.05, 3.63) is 29.4 Å². The van der Waals surface area contributed by atoms with E-state index in [0.29, 0.717) is 5.15 Å². The van der Waals surface area contributed by atoms with Crippen LogP contribution < -0.4 is 5.32 Å². The lowest BCUT2D eigenvalue weighted by Crippen LogP contribution is -2.07. The molecule has 0 saturated heterocycles. The first kappa shape index (κ1) is 14.4. The number of nitrogens with zero attached hydrogens (tertiary/aromatic N) is 2. The van der Waals surface area contributed by atoms with Crippen molar-refractivity contribution < 1.29 is 5.11 Å². The van der Waals surface area contributed by atoms with Crippen LogP contribution in [-0.4, -0.2) is 40.0 Å². The van der Waals surface area contributed by atoms with Gasteiger partial charge in [-0.15, -0.1) is 10.2 Å². The average Bonchev–Trinajstić information content (AvgIpc) is 2.45. The Morgan fingerprint density at radius 1 is 1.16 bits per heavy atom. The summed E-state index contributed by atoms with van der Waals surface area (Å²) in [5, 5.41) is 22.3. The van der Waals surface area contributed by atoms with Crippen molar-refractivity contribution in [2.45, 2.75) is 6.42 Å². The van der Waals surface area contributed by atoms with E-state index in [1.165, 1.54) is 0 Å². The zero-order valence-corrected chi connectivity index (χ0v) is 12.0. The van der Waals surface area contributed by atoms with Crippen molar-refractivity contribution in [2.24, 2.45) is 0 Å². The summed E-state index contributed by atoms with van der Waals surface area (Å²) in [6, 6.07) is 7.82. The maximum atomic E-state index is 8.69. The van der Waals surface area contributed by atoms with Gasteiger partial charge in [0, 0.05) is 29.7 Å². The van der Waals surface area contributed by atoms with Gasteiger partial charge in [-0.25, -0.2) is 0 Å². The van der Waals surface area contributed by atoms with Gasteiger partial charge in [0.05, 0.1) is 0 Å². The van der Waals surface area contributed by atoms with Gasteiger partial charge in [-0.1, -0.05) is 35.9 Å². The Labute approximate surface area is 121 Å². The van der Waals surface area contributed by atoms with E-state index >= 15 is 0 Å². The number of nitrogens with one attached hydrogen (secondary N) is 1. The maximum absolute atomic E-state index is 8.69. The van der Waals surface area contributed by atoms with Crippen LogP contribution >= 0.6 is 23.4 Å². The second-order valence-electron chi connectivity index (χ2n) is 4.00. The summed E-state index contributed by atoms with van der Waals surface area (Å²) in [4.78, 5) is 0. The first-order chi connectivity index (χ1) is 9.33. The maximum Gasteiger partial charge on any atom is 0.159 e. The van der Waals surface area contributed by atoms with Crippen LogP contribution in [0.3, 0.4) is 0 Å². The number of halogens is 1. The molecule has 0 amide bonds. The number of rotatable bonds is 7. The molecule has 1 aromatic carbocycles. The lowest BCUT2D eigenvalue weighted by molar-refractivity contribution is 0.296. The fourth-order valence-electron chi connectivity index (χ4n) is 1.71. The van der Waals surface area contributed by atoms with Gasteiger partial charge in [0.1, 0.15) is 0 Å². The minimum atomic E-state index is 0.258. The van der Waals surface area contributed by atoms with E-state index in [9.17, 15) is 0 Å². The van der Waals surface area contributed by atoms with E-state index in [0.717, 1.165) is 41.1 Å². The summed E-state index contributed by atoms with van der Waals surface area (Å²) in [7, 11) is 0. The van der Waals surface area contributed by atoms with Crippen molar-refractivity contribution in [3.63, 3.8) is 0 Å². The van der Waals surface area contributed by atoms with Crippen LogP contribution in [0, 0.1) is 0 Å². The molecule has 2 N–H and O–H groups in total. The molecule has 2 aromatic rings.